The molecule has 1 aliphatic heterocycles. The van der Waals surface area contributed by atoms with Gasteiger partial charge in [0.05, 0.1) is 16.2 Å². The molecule has 0 spiro atoms. The zero-order valence-corrected chi connectivity index (χ0v) is 20.4. The Kier molecular flexibility index (Phi) is 6.12. The number of aromatic nitrogens is 4. The van der Waals surface area contributed by atoms with Crippen molar-refractivity contribution in [1.82, 2.24) is 29.4 Å². The second-order valence-electron chi connectivity index (χ2n) is 8.76. The number of nitrogens with zero attached hydrogens (tertiary/aromatic N) is 6. The fourth-order valence-corrected chi connectivity index (χ4v) is 5.43. The van der Waals surface area contributed by atoms with E-state index < -0.39 is 0 Å². The van der Waals surface area contributed by atoms with Gasteiger partial charge in [0.2, 0.25) is 5.91 Å². The lowest BCUT2D eigenvalue weighted by Gasteiger charge is -2.34. The minimum Gasteiger partial charge on any atom is -0.340 e. The molecule has 5 rings (SSSR count). The number of rotatable bonds is 6. The average Bonchev–Trinajstić information content (AvgIpc) is 3.44. The van der Waals surface area contributed by atoms with E-state index in [9.17, 15) is 4.79 Å². The number of thiazole rings is 1. The van der Waals surface area contributed by atoms with Crippen LogP contribution in [0.4, 0.5) is 0 Å². The first kappa shape index (κ1) is 22.0. The lowest BCUT2D eigenvalue weighted by molar-refractivity contribution is -0.133. The molecule has 33 heavy (non-hydrogen) atoms. The summed E-state index contributed by atoms with van der Waals surface area (Å²) in [6.07, 6.45) is 2.18. The molecule has 0 aliphatic carbocycles. The Balaban J connectivity index is 1.21. The van der Waals surface area contributed by atoms with Crippen LogP contribution in [0.2, 0.25) is 0 Å². The van der Waals surface area contributed by atoms with Gasteiger partial charge in [-0.3, -0.25) is 9.69 Å². The fraction of sp³-hybridized carbons (Fsp3) is 0.440. The van der Waals surface area contributed by atoms with Crippen LogP contribution >= 0.6 is 11.3 Å². The van der Waals surface area contributed by atoms with Gasteiger partial charge in [0.1, 0.15) is 0 Å². The summed E-state index contributed by atoms with van der Waals surface area (Å²) in [5, 5.41) is 9.15. The lowest BCUT2D eigenvalue weighted by Crippen LogP contribution is -2.48. The Morgan fingerprint density at radius 2 is 1.88 bits per heavy atom. The number of hydrogen-bond acceptors (Lipinski definition) is 6. The molecule has 1 aromatic carbocycles. The normalized spacial score (nSPS) is 15.1. The summed E-state index contributed by atoms with van der Waals surface area (Å²) in [4.78, 5) is 26.9. The predicted molar refractivity (Wildman–Crippen MR) is 132 cm³/mol. The highest BCUT2D eigenvalue weighted by atomic mass is 32.1. The molecule has 172 valence electrons. The summed E-state index contributed by atoms with van der Waals surface area (Å²) < 4.78 is 1.93. The van der Waals surface area contributed by atoms with Crippen molar-refractivity contribution in [2.24, 2.45) is 0 Å². The number of aryl methyl sites for hydroxylation is 3. The molecule has 0 N–H and O–H groups in total. The van der Waals surface area contributed by atoms with Gasteiger partial charge in [0, 0.05) is 61.3 Å². The van der Waals surface area contributed by atoms with Crippen LogP contribution in [0.1, 0.15) is 41.0 Å². The third-order valence-corrected chi connectivity index (χ3v) is 7.66. The topological polar surface area (TPSA) is 66.6 Å². The van der Waals surface area contributed by atoms with E-state index in [1.165, 1.54) is 5.01 Å². The van der Waals surface area contributed by atoms with Gasteiger partial charge in [-0.25, -0.2) is 14.5 Å². The minimum atomic E-state index is 0.223. The summed E-state index contributed by atoms with van der Waals surface area (Å²) in [5.41, 5.74) is 6.16. The van der Waals surface area contributed by atoms with Crippen molar-refractivity contribution in [3.63, 3.8) is 0 Å². The first-order valence-electron chi connectivity index (χ1n) is 11.7. The van der Waals surface area contributed by atoms with Crippen molar-refractivity contribution < 1.29 is 4.79 Å². The molecule has 1 saturated heterocycles. The molecule has 3 aromatic heterocycles. The second kappa shape index (κ2) is 9.19. The molecule has 4 aromatic rings. The summed E-state index contributed by atoms with van der Waals surface area (Å²) in [6, 6.07) is 8.08. The van der Waals surface area contributed by atoms with Crippen molar-refractivity contribution in [1.29, 1.82) is 0 Å². The standard InChI is InChI=1S/C25H30N6OS/c1-4-23-27-19(16-33-23)15-29-11-13-30(14-12-29)24(32)10-9-20-17(2)26-25-21-7-5-6-8-22(21)28-31(25)18(20)3/h5-8,16H,4,9-15H2,1-3H3. The van der Waals surface area contributed by atoms with E-state index in [0.717, 1.165) is 78.3 Å². The quantitative estimate of drug-likeness (QED) is 0.436. The zero-order chi connectivity index (χ0) is 22.9. The van der Waals surface area contributed by atoms with E-state index in [0.29, 0.717) is 12.8 Å². The van der Waals surface area contributed by atoms with Crippen molar-refractivity contribution in [3.8, 4) is 0 Å². The monoisotopic (exact) mass is 462 g/mol. The maximum atomic E-state index is 13.0. The molecule has 0 atom stereocenters. The van der Waals surface area contributed by atoms with Gasteiger partial charge in [-0.1, -0.05) is 19.1 Å². The largest absolute Gasteiger partial charge is 0.340 e. The highest BCUT2D eigenvalue weighted by Crippen LogP contribution is 2.23. The van der Waals surface area contributed by atoms with Gasteiger partial charge in [-0.2, -0.15) is 5.10 Å². The van der Waals surface area contributed by atoms with E-state index in [-0.39, 0.29) is 5.91 Å². The fourth-order valence-electron chi connectivity index (χ4n) is 4.70. The third kappa shape index (κ3) is 4.37. The third-order valence-electron chi connectivity index (χ3n) is 6.62. The van der Waals surface area contributed by atoms with Crippen LogP contribution in [-0.4, -0.2) is 61.5 Å². The van der Waals surface area contributed by atoms with E-state index in [1.807, 2.05) is 34.5 Å². The van der Waals surface area contributed by atoms with E-state index >= 15 is 0 Å². The molecule has 1 fully saturated rings. The van der Waals surface area contributed by atoms with Crippen LogP contribution in [0.3, 0.4) is 0 Å². The molecular formula is C25H30N6OS. The van der Waals surface area contributed by atoms with Crippen molar-refractivity contribution in [2.45, 2.75) is 46.6 Å². The van der Waals surface area contributed by atoms with Gasteiger partial charge in [-0.15, -0.1) is 11.3 Å². The highest BCUT2D eigenvalue weighted by Gasteiger charge is 2.22. The molecule has 0 saturated carbocycles. The highest BCUT2D eigenvalue weighted by molar-refractivity contribution is 7.09. The van der Waals surface area contributed by atoms with Gasteiger partial charge < -0.3 is 4.90 Å². The number of fused-ring (bicyclic) bond motifs is 3. The Morgan fingerprint density at radius 1 is 1.09 bits per heavy atom. The Bertz CT molecular complexity index is 1300. The number of amides is 1. The van der Waals surface area contributed by atoms with Crippen molar-refractivity contribution in [3.05, 3.63) is 57.3 Å². The van der Waals surface area contributed by atoms with Crippen LogP contribution in [0.5, 0.6) is 0 Å². The summed E-state index contributed by atoms with van der Waals surface area (Å²) in [5.74, 6) is 0.223. The summed E-state index contributed by atoms with van der Waals surface area (Å²) >= 11 is 1.74. The number of hydrogen-bond donors (Lipinski definition) is 0. The molecule has 8 heteroatoms. The second-order valence-corrected chi connectivity index (χ2v) is 9.70. The molecule has 1 amide bonds. The van der Waals surface area contributed by atoms with Crippen LogP contribution in [0, 0.1) is 13.8 Å². The summed E-state index contributed by atoms with van der Waals surface area (Å²) in [7, 11) is 0. The van der Waals surface area contributed by atoms with Crippen LogP contribution in [0.15, 0.2) is 29.6 Å². The van der Waals surface area contributed by atoms with Crippen LogP contribution < -0.4 is 0 Å². The van der Waals surface area contributed by atoms with E-state index in [2.05, 4.69) is 35.2 Å². The van der Waals surface area contributed by atoms with Crippen LogP contribution in [0.25, 0.3) is 16.6 Å². The lowest BCUT2D eigenvalue weighted by atomic mass is 10.1. The Hall–Kier alpha value is -2.84. The maximum absolute atomic E-state index is 13.0. The summed E-state index contributed by atoms with van der Waals surface area (Å²) in [6.45, 7) is 10.5. The smallest absolute Gasteiger partial charge is 0.222 e. The van der Waals surface area contributed by atoms with Gasteiger partial charge >= 0.3 is 0 Å². The Morgan fingerprint density at radius 3 is 2.64 bits per heavy atom. The number of carbonyl (C=O) groups is 1. The molecule has 4 heterocycles. The predicted octanol–water partition coefficient (Wildman–Crippen LogP) is 3.80. The number of carbonyl (C=O) groups excluding carboxylic acids is 1. The Labute approximate surface area is 198 Å². The SMILES string of the molecule is CCc1nc(CN2CCN(C(=O)CCc3c(C)nc4c5ccccc5nn4c3C)CC2)cs1. The number of benzene rings is 1. The van der Waals surface area contributed by atoms with E-state index in [1.54, 1.807) is 11.3 Å². The van der Waals surface area contributed by atoms with Gasteiger partial charge in [0.15, 0.2) is 5.65 Å². The first-order valence-corrected chi connectivity index (χ1v) is 12.6. The molecule has 0 radical (unpaired) electrons. The number of piperazine rings is 1. The van der Waals surface area contributed by atoms with Crippen LogP contribution in [-0.2, 0) is 24.2 Å². The molecule has 0 unspecified atom stereocenters. The molecule has 0 bridgehead atoms. The van der Waals surface area contributed by atoms with Crippen molar-refractivity contribution in [2.75, 3.05) is 26.2 Å². The molecule has 1 aliphatic rings. The minimum absolute atomic E-state index is 0.223. The average molecular weight is 463 g/mol. The van der Waals surface area contributed by atoms with E-state index in [4.69, 9.17) is 10.1 Å². The first-order chi connectivity index (χ1) is 16.0. The zero-order valence-electron chi connectivity index (χ0n) is 19.5. The maximum Gasteiger partial charge on any atom is 0.222 e. The van der Waals surface area contributed by atoms with Crippen molar-refractivity contribution >= 4 is 33.8 Å². The van der Waals surface area contributed by atoms with Gasteiger partial charge in [0.25, 0.3) is 0 Å². The molecule has 7 nitrogen and oxygen atoms in total. The molecular weight excluding hydrogens is 432 g/mol. The van der Waals surface area contributed by atoms with Gasteiger partial charge in [-0.05, 0) is 44.4 Å².